The number of ether oxygens (including phenoxy) is 1. The molecule has 0 rings (SSSR count). The molecule has 0 saturated heterocycles. The minimum absolute atomic E-state index is 0.935. The molecule has 0 saturated carbocycles. The third kappa shape index (κ3) is 28.8. The van der Waals surface area contributed by atoms with Crippen LogP contribution in [0.5, 0.6) is 0 Å². The fourth-order valence-corrected chi connectivity index (χ4v) is 6.20. The van der Waals surface area contributed by atoms with Crippen LogP contribution in [0, 0.1) is 23.7 Å². The van der Waals surface area contributed by atoms with E-state index in [1.807, 2.05) is 7.11 Å². The van der Waals surface area contributed by atoms with E-state index < -0.39 is 0 Å². The second-order valence-corrected chi connectivity index (χ2v) is 13.4. The summed E-state index contributed by atoms with van der Waals surface area (Å²) in [6.45, 7) is 13.2. The molecule has 0 N–H and O–H groups in total. The van der Waals surface area contributed by atoms with E-state index in [-0.39, 0.29) is 0 Å². The molecule has 0 aliphatic heterocycles. The van der Waals surface area contributed by atoms with Gasteiger partial charge in [-0.3, -0.25) is 0 Å². The first-order valence-corrected chi connectivity index (χ1v) is 17.5. The van der Waals surface area contributed by atoms with E-state index >= 15 is 0 Å². The quantitative estimate of drug-likeness (QED) is 0.0852. The molecule has 4 atom stereocenters. The molecule has 0 aromatic carbocycles. The highest BCUT2D eigenvalue weighted by atomic mass is 16.5. The Morgan fingerprint density at radius 3 is 0.946 bits per heavy atom. The highest BCUT2D eigenvalue weighted by molar-refractivity contribution is 4.62. The van der Waals surface area contributed by atoms with Crippen molar-refractivity contribution in [1.82, 2.24) is 0 Å². The molecule has 4 unspecified atom stereocenters. The summed E-state index contributed by atoms with van der Waals surface area (Å²) in [6.07, 6.45) is 35.9. The molecule has 1 heteroatoms. The Morgan fingerprint density at radius 2 is 0.622 bits per heavy atom. The van der Waals surface area contributed by atoms with E-state index in [9.17, 15) is 0 Å². The maximum Gasteiger partial charge on any atom is 0.0462 e. The maximum absolute atomic E-state index is 5.12. The number of methoxy groups -OCH3 is 1. The van der Waals surface area contributed by atoms with Crippen molar-refractivity contribution in [3.8, 4) is 0 Å². The molecule has 0 spiro atoms. The van der Waals surface area contributed by atoms with Crippen molar-refractivity contribution in [2.75, 3.05) is 13.7 Å². The summed E-state index contributed by atoms with van der Waals surface area (Å²) in [5.41, 5.74) is 0. The van der Waals surface area contributed by atoms with Crippen LogP contribution in [0.25, 0.3) is 0 Å². The number of hydrogen-bond acceptors (Lipinski definition) is 1. The summed E-state index contributed by atoms with van der Waals surface area (Å²) < 4.78 is 5.12. The largest absolute Gasteiger partial charge is 0.385 e. The average molecular weight is 523 g/mol. The molecule has 224 valence electrons. The van der Waals surface area contributed by atoms with Crippen molar-refractivity contribution < 1.29 is 4.74 Å². The first-order chi connectivity index (χ1) is 18.0. The number of rotatable bonds is 30. The summed E-state index contributed by atoms with van der Waals surface area (Å²) >= 11 is 0. The van der Waals surface area contributed by atoms with Crippen molar-refractivity contribution in [2.24, 2.45) is 23.7 Å². The van der Waals surface area contributed by atoms with Crippen LogP contribution in [0.3, 0.4) is 0 Å². The monoisotopic (exact) mass is 523 g/mol. The Labute approximate surface area is 237 Å². The van der Waals surface area contributed by atoms with E-state index in [0.717, 1.165) is 30.3 Å². The van der Waals surface area contributed by atoms with E-state index in [1.54, 1.807) is 0 Å². The van der Waals surface area contributed by atoms with Crippen molar-refractivity contribution >= 4 is 0 Å². The maximum atomic E-state index is 5.12. The zero-order valence-corrected chi connectivity index (χ0v) is 27.1. The highest BCUT2D eigenvalue weighted by Gasteiger charge is 2.09. The Bertz CT molecular complexity index is 419. The summed E-state index contributed by atoms with van der Waals surface area (Å²) in [5.74, 6) is 3.76. The van der Waals surface area contributed by atoms with Gasteiger partial charge in [0.05, 0.1) is 0 Å². The fraction of sp³-hybridized carbons (Fsp3) is 1.00. The van der Waals surface area contributed by atoms with Gasteiger partial charge in [-0.25, -0.2) is 0 Å². The van der Waals surface area contributed by atoms with E-state index in [2.05, 4.69) is 34.6 Å². The molecule has 0 aliphatic rings. The van der Waals surface area contributed by atoms with Gasteiger partial charge >= 0.3 is 0 Å². The van der Waals surface area contributed by atoms with Crippen LogP contribution in [-0.2, 0) is 4.74 Å². The summed E-state index contributed by atoms with van der Waals surface area (Å²) in [4.78, 5) is 0. The number of hydrogen-bond donors (Lipinski definition) is 0. The van der Waals surface area contributed by atoms with Crippen LogP contribution in [0.2, 0.25) is 0 Å². The molecule has 0 bridgehead atoms. The second-order valence-electron chi connectivity index (χ2n) is 13.4. The molecule has 0 radical (unpaired) electrons. The fourth-order valence-electron chi connectivity index (χ4n) is 6.20. The van der Waals surface area contributed by atoms with Gasteiger partial charge in [0.25, 0.3) is 0 Å². The zero-order chi connectivity index (χ0) is 27.4. The lowest BCUT2D eigenvalue weighted by Gasteiger charge is -2.16. The van der Waals surface area contributed by atoms with Crippen molar-refractivity contribution in [1.29, 1.82) is 0 Å². The Balaban J connectivity index is 3.39. The smallest absolute Gasteiger partial charge is 0.0462 e. The van der Waals surface area contributed by atoms with E-state index in [4.69, 9.17) is 4.74 Å². The van der Waals surface area contributed by atoms with Crippen LogP contribution < -0.4 is 0 Å². The highest BCUT2D eigenvalue weighted by Crippen LogP contribution is 2.24. The van der Waals surface area contributed by atoms with Crippen LogP contribution >= 0.6 is 0 Å². The summed E-state index contributed by atoms with van der Waals surface area (Å²) in [5, 5.41) is 0. The van der Waals surface area contributed by atoms with Crippen molar-refractivity contribution in [2.45, 2.75) is 195 Å². The van der Waals surface area contributed by atoms with Gasteiger partial charge in [0.15, 0.2) is 0 Å². The van der Waals surface area contributed by atoms with Gasteiger partial charge in [-0.05, 0) is 30.1 Å². The van der Waals surface area contributed by atoms with Crippen LogP contribution in [0.15, 0.2) is 0 Å². The third-order valence-corrected chi connectivity index (χ3v) is 9.01. The van der Waals surface area contributed by atoms with Gasteiger partial charge < -0.3 is 4.74 Å². The average Bonchev–Trinajstić information content (AvgIpc) is 2.86. The lowest BCUT2D eigenvalue weighted by atomic mass is 9.90. The van der Waals surface area contributed by atoms with Gasteiger partial charge in [0.1, 0.15) is 0 Å². The molecule has 0 fully saturated rings. The van der Waals surface area contributed by atoms with Crippen molar-refractivity contribution in [3.05, 3.63) is 0 Å². The minimum Gasteiger partial charge on any atom is -0.385 e. The Hall–Kier alpha value is -0.0400. The normalized spacial score (nSPS) is 15.1. The molecule has 0 heterocycles. The Morgan fingerprint density at radius 1 is 0.351 bits per heavy atom. The van der Waals surface area contributed by atoms with Gasteiger partial charge in [-0.15, -0.1) is 0 Å². The van der Waals surface area contributed by atoms with E-state index in [1.165, 1.54) is 161 Å². The third-order valence-electron chi connectivity index (χ3n) is 9.01. The van der Waals surface area contributed by atoms with E-state index in [0.29, 0.717) is 0 Å². The van der Waals surface area contributed by atoms with Gasteiger partial charge in [-0.1, -0.05) is 189 Å². The molecule has 0 amide bonds. The first kappa shape index (κ1) is 37.0. The second kappa shape index (κ2) is 29.0. The standard InChI is InChI=1S/C36H74O/c1-7-24-33(2)26-21-28-35(4)30-23-31-36(5)29-22-27-34(3)25-19-17-15-13-11-9-8-10-12-14-16-18-20-32-37-6/h33-36H,7-32H2,1-6H3. The van der Waals surface area contributed by atoms with Crippen LogP contribution in [-0.4, -0.2) is 13.7 Å². The molecule has 1 nitrogen and oxygen atoms in total. The van der Waals surface area contributed by atoms with Crippen molar-refractivity contribution in [3.63, 3.8) is 0 Å². The summed E-state index contributed by atoms with van der Waals surface area (Å²) in [6, 6.07) is 0. The molecule has 0 aliphatic carbocycles. The summed E-state index contributed by atoms with van der Waals surface area (Å²) in [7, 11) is 1.81. The molecular weight excluding hydrogens is 448 g/mol. The molecule has 0 aromatic heterocycles. The lowest BCUT2D eigenvalue weighted by molar-refractivity contribution is 0.192. The first-order valence-electron chi connectivity index (χ1n) is 17.5. The topological polar surface area (TPSA) is 9.23 Å². The predicted octanol–water partition coefficient (Wildman–Crippen LogP) is 12.9. The SMILES string of the molecule is CCCC(C)CCCC(C)CCCC(C)CCCC(C)CCCCCCCCCCCCCCCOC. The molecule has 0 aromatic rings. The van der Waals surface area contributed by atoms with Crippen LogP contribution in [0.4, 0.5) is 0 Å². The van der Waals surface area contributed by atoms with Gasteiger partial charge in [0, 0.05) is 13.7 Å². The van der Waals surface area contributed by atoms with Gasteiger partial charge in [0.2, 0.25) is 0 Å². The van der Waals surface area contributed by atoms with Crippen LogP contribution in [0.1, 0.15) is 195 Å². The molecular formula is C36H74O. The minimum atomic E-state index is 0.935. The zero-order valence-electron chi connectivity index (χ0n) is 27.1. The Kier molecular flexibility index (Phi) is 28.9. The molecule has 37 heavy (non-hydrogen) atoms. The predicted molar refractivity (Wildman–Crippen MR) is 170 cm³/mol. The lowest BCUT2D eigenvalue weighted by Crippen LogP contribution is -2.02. The van der Waals surface area contributed by atoms with Gasteiger partial charge in [-0.2, -0.15) is 0 Å². The number of unbranched alkanes of at least 4 members (excludes halogenated alkanes) is 12.